The third-order valence-corrected chi connectivity index (χ3v) is 2.91. The van der Waals surface area contributed by atoms with E-state index in [1.165, 1.54) is 0 Å². The van der Waals surface area contributed by atoms with Crippen LogP contribution in [0.3, 0.4) is 0 Å². The molecule has 1 unspecified atom stereocenters. The average Bonchev–Trinajstić information content (AvgIpc) is 2.32. The molecule has 0 rings (SSSR count). The number of phosphoric acid groups is 1. The topological polar surface area (TPSA) is 82.1 Å². The summed E-state index contributed by atoms with van der Waals surface area (Å²) in [5.74, 6) is -0.422. The van der Waals surface area contributed by atoms with Crippen LogP contribution in [0.1, 0.15) is 25.7 Å². The molecule has 0 saturated heterocycles. The first-order valence-corrected chi connectivity index (χ1v) is 6.83. The van der Waals surface area contributed by atoms with Crippen LogP contribution in [-0.2, 0) is 23.1 Å². The second kappa shape index (κ2) is 9.36. The van der Waals surface area contributed by atoms with Gasteiger partial charge in [0.05, 0.1) is 13.2 Å². The van der Waals surface area contributed by atoms with Crippen LogP contribution in [0.5, 0.6) is 0 Å². The summed E-state index contributed by atoms with van der Waals surface area (Å²) in [7, 11) is -2.71. The van der Waals surface area contributed by atoms with Crippen LogP contribution < -0.4 is 0 Å². The molecular weight excluding hydrogens is 247 g/mol. The minimum Gasteiger partial charge on any atom is -0.463 e. The Morgan fingerprint density at radius 2 is 1.88 bits per heavy atom. The quantitative estimate of drug-likeness (QED) is 0.282. The first kappa shape index (κ1) is 16.3. The van der Waals surface area contributed by atoms with Crippen LogP contribution in [0.4, 0.5) is 0 Å². The summed E-state index contributed by atoms with van der Waals surface area (Å²) in [6, 6.07) is 0. The lowest BCUT2D eigenvalue weighted by atomic mass is 10.2. The molecule has 17 heavy (non-hydrogen) atoms. The Morgan fingerprint density at radius 3 is 2.41 bits per heavy atom. The smallest absolute Gasteiger partial charge is 0.463 e. The third kappa shape index (κ3) is 10.2. The second-order valence-electron chi connectivity index (χ2n) is 3.27. The number of rotatable bonds is 10. The van der Waals surface area contributed by atoms with Gasteiger partial charge in [-0.05, 0) is 19.3 Å². The molecule has 0 aromatic rings. The van der Waals surface area contributed by atoms with Gasteiger partial charge in [-0.2, -0.15) is 0 Å². The number of ether oxygens (including phenoxy) is 1. The summed E-state index contributed by atoms with van der Waals surface area (Å²) in [6.07, 6.45) is 4.22. The maximum absolute atomic E-state index is 10.9. The molecule has 6 nitrogen and oxygen atoms in total. The van der Waals surface area contributed by atoms with E-state index in [1.807, 2.05) is 0 Å². The van der Waals surface area contributed by atoms with Gasteiger partial charge >= 0.3 is 13.8 Å². The standard InChI is InChI=1S/C10H19O6P/c1-3-10(11)15-8-6-4-5-7-9-16-17(12,13)14-2/h3H,1,4-9H2,2H3,(H,12,13). The van der Waals surface area contributed by atoms with E-state index in [2.05, 4.69) is 15.6 Å². The molecule has 0 bridgehead atoms. The molecule has 1 atom stereocenters. The molecule has 1 N–H and O–H groups in total. The van der Waals surface area contributed by atoms with Crippen molar-refractivity contribution in [2.24, 2.45) is 0 Å². The lowest BCUT2D eigenvalue weighted by molar-refractivity contribution is -0.137. The van der Waals surface area contributed by atoms with E-state index in [0.29, 0.717) is 13.0 Å². The number of unbranched alkanes of at least 4 members (excludes halogenated alkanes) is 3. The van der Waals surface area contributed by atoms with Crippen molar-refractivity contribution in [1.82, 2.24) is 0 Å². The summed E-state index contributed by atoms with van der Waals surface area (Å²) in [4.78, 5) is 19.6. The van der Waals surface area contributed by atoms with Gasteiger partial charge in [0.15, 0.2) is 0 Å². The highest BCUT2D eigenvalue weighted by Gasteiger charge is 2.17. The van der Waals surface area contributed by atoms with Crippen LogP contribution >= 0.6 is 7.82 Å². The van der Waals surface area contributed by atoms with Crippen molar-refractivity contribution in [2.75, 3.05) is 20.3 Å². The Morgan fingerprint density at radius 1 is 1.29 bits per heavy atom. The molecule has 7 heteroatoms. The fourth-order valence-electron chi connectivity index (χ4n) is 1.02. The van der Waals surface area contributed by atoms with Gasteiger partial charge in [-0.15, -0.1) is 0 Å². The van der Waals surface area contributed by atoms with Crippen molar-refractivity contribution in [3.63, 3.8) is 0 Å². The van der Waals surface area contributed by atoms with E-state index in [-0.39, 0.29) is 6.61 Å². The predicted octanol–water partition coefficient (Wildman–Crippen LogP) is 2.04. The minimum atomic E-state index is -3.83. The molecule has 0 aliphatic rings. The fraction of sp³-hybridized carbons (Fsp3) is 0.700. The van der Waals surface area contributed by atoms with Crippen molar-refractivity contribution < 1.29 is 28.0 Å². The fourth-order valence-corrected chi connectivity index (χ4v) is 1.49. The van der Waals surface area contributed by atoms with Gasteiger partial charge in [0.2, 0.25) is 0 Å². The van der Waals surface area contributed by atoms with Crippen LogP contribution in [-0.4, -0.2) is 31.2 Å². The molecule has 0 spiro atoms. The van der Waals surface area contributed by atoms with E-state index in [4.69, 9.17) is 9.63 Å². The highest BCUT2D eigenvalue weighted by Crippen LogP contribution is 2.41. The van der Waals surface area contributed by atoms with Gasteiger partial charge in [-0.25, -0.2) is 9.36 Å². The predicted molar refractivity (Wildman–Crippen MR) is 62.4 cm³/mol. The van der Waals surface area contributed by atoms with E-state index in [9.17, 15) is 9.36 Å². The first-order chi connectivity index (χ1) is 8.02. The largest absolute Gasteiger partial charge is 0.471 e. The summed E-state index contributed by atoms with van der Waals surface area (Å²) in [5, 5.41) is 0. The molecule has 0 aliphatic heterocycles. The Balaban J connectivity index is 3.27. The molecule has 0 fully saturated rings. The Hall–Kier alpha value is -0.680. The lowest BCUT2D eigenvalue weighted by Gasteiger charge is -2.08. The normalized spacial score (nSPS) is 14.0. The number of hydrogen-bond acceptors (Lipinski definition) is 5. The summed E-state index contributed by atoms with van der Waals surface area (Å²) in [5.41, 5.74) is 0. The van der Waals surface area contributed by atoms with Crippen molar-refractivity contribution in [2.45, 2.75) is 25.7 Å². The van der Waals surface area contributed by atoms with Crippen LogP contribution in [0.2, 0.25) is 0 Å². The second-order valence-corrected chi connectivity index (χ2v) is 4.83. The number of carbonyl (C=O) groups is 1. The van der Waals surface area contributed by atoms with Gasteiger partial charge in [0.1, 0.15) is 0 Å². The van der Waals surface area contributed by atoms with E-state index < -0.39 is 13.8 Å². The van der Waals surface area contributed by atoms with Gasteiger partial charge in [-0.1, -0.05) is 13.0 Å². The van der Waals surface area contributed by atoms with Crippen molar-refractivity contribution in [1.29, 1.82) is 0 Å². The summed E-state index contributed by atoms with van der Waals surface area (Å²) >= 11 is 0. The Kier molecular flexibility index (Phi) is 8.99. The molecule has 100 valence electrons. The first-order valence-electron chi connectivity index (χ1n) is 5.34. The number of carbonyl (C=O) groups excluding carboxylic acids is 1. The molecule has 0 amide bonds. The van der Waals surface area contributed by atoms with Crippen LogP contribution in [0, 0.1) is 0 Å². The van der Waals surface area contributed by atoms with Crippen molar-refractivity contribution in [3.8, 4) is 0 Å². The zero-order valence-corrected chi connectivity index (χ0v) is 10.9. The van der Waals surface area contributed by atoms with E-state index >= 15 is 0 Å². The molecule has 0 saturated carbocycles. The van der Waals surface area contributed by atoms with Crippen molar-refractivity contribution in [3.05, 3.63) is 12.7 Å². The highest BCUT2D eigenvalue weighted by molar-refractivity contribution is 7.47. The lowest BCUT2D eigenvalue weighted by Crippen LogP contribution is -2.01. The van der Waals surface area contributed by atoms with Gasteiger partial charge in [-0.3, -0.25) is 9.05 Å². The van der Waals surface area contributed by atoms with Crippen molar-refractivity contribution >= 4 is 13.8 Å². The molecule has 0 aromatic carbocycles. The van der Waals surface area contributed by atoms with E-state index in [0.717, 1.165) is 32.4 Å². The number of hydrogen-bond donors (Lipinski definition) is 1. The maximum atomic E-state index is 10.9. The zero-order chi connectivity index (χ0) is 13.1. The van der Waals surface area contributed by atoms with Gasteiger partial charge < -0.3 is 9.63 Å². The maximum Gasteiger partial charge on any atom is 0.471 e. The minimum absolute atomic E-state index is 0.175. The molecule has 0 heterocycles. The number of phosphoric ester groups is 1. The summed E-state index contributed by atoms with van der Waals surface area (Å²) < 4.78 is 24.5. The molecular formula is C10H19O6P. The SMILES string of the molecule is C=CC(=O)OCCCCCCOP(=O)(O)OC. The van der Waals surface area contributed by atoms with Crippen LogP contribution in [0.25, 0.3) is 0 Å². The van der Waals surface area contributed by atoms with Gasteiger partial charge in [0.25, 0.3) is 0 Å². The third-order valence-electron chi connectivity index (χ3n) is 1.93. The molecule has 0 aromatic heterocycles. The van der Waals surface area contributed by atoms with E-state index in [1.54, 1.807) is 0 Å². The van der Waals surface area contributed by atoms with Gasteiger partial charge in [0, 0.05) is 13.2 Å². The Bertz CT molecular complexity index is 278. The molecule has 0 aliphatic carbocycles. The zero-order valence-electron chi connectivity index (χ0n) is 9.96. The monoisotopic (exact) mass is 266 g/mol. The average molecular weight is 266 g/mol. The molecule has 0 radical (unpaired) electrons. The number of esters is 1. The highest BCUT2D eigenvalue weighted by atomic mass is 31.2. The Labute approximate surface area is 101 Å². The van der Waals surface area contributed by atoms with Crippen LogP contribution in [0.15, 0.2) is 12.7 Å². The summed E-state index contributed by atoms with van der Waals surface area (Å²) in [6.45, 7) is 3.82.